The van der Waals surface area contributed by atoms with E-state index in [4.69, 9.17) is 4.98 Å². The molecule has 0 saturated heterocycles. The minimum absolute atomic E-state index is 0.111. The smallest absolute Gasteiger partial charge is 0.251 e. The van der Waals surface area contributed by atoms with Crippen LogP contribution in [-0.2, 0) is 18.8 Å². The van der Waals surface area contributed by atoms with Crippen LogP contribution in [0.1, 0.15) is 27.2 Å². The van der Waals surface area contributed by atoms with Crippen molar-refractivity contribution in [1.29, 1.82) is 0 Å². The third kappa shape index (κ3) is 5.15. The second-order valence-electron chi connectivity index (χ2n) is 7.80. The van der Waals surface area contributed by atoms with E-state index in [1.807, 2.05) is 72.8 Å². The molecule has 5 rings (SSSR count). The van der Waals surface area contributed by atoms with Gasteiger partial charge in [-0.15, -0.1) is 0 Å². The molecule has 2 aromatic carbocycles. The van der Waals surface area contributed by atoms with Crippen molar-refractivity contribution in [3.8, 4) is 0 Å². The number of benzene rings is 2. The standard InChI is InChI=1S/C27H23N5OS/c33-26(30-17-23-9-4-5-15-28-23)22-13-11-21(12-14-22)19-34-27-31-24-10-6-16-29-25(24)32(27)18-20-7-2-1-3-8-20/h1-16H,17-19H2,(H,30,33). The van der Waals surface area contributed by atoms with E-state index in [1.165, 1.54) is 5.56 Å². The number of fused-ring (bicyclic) bond motifs is 1. The highest BCUT2D eigenvalue weighted by Crippen LogP contribution is 2.27. The van der Waals surface area contributed by atoms with Gasteiger partial charge in [-0.2, -0.15) is 0 Å². The van der Waals surface area contributed by atoms with Gasteiger partial charge in [-0.25, -0.2) is 9.97 Å². The number of carbonyl (C=O) groups excluding carboxylic acids is 1. The molecule has 0 radical (unpaired) electrons. The van der Waals surface area contributed by atoms with Crippen LogP contribution in [0.5, 0.6) is 0 Å². The van der Waals surface area contributed by atoms with Crippen LogP contribution < -0.4 is 5.32 Å². The van der Waals surface area contributed by atoms with Crippen LogP contribution in [0.25, 0.3) is 11.2 Å². The van der Waals surface area contributed by atoms with Gasteiger partial charge in [0.25, 0.3) is 5.91 Å². The third-order valence-corrected chi connectivity index (χ3v) is 6.44. The van der Waals surface area contributed by atoms with Crippen LogP contribution >= 0.6 is 11.8 Å². The molecule has 0 bridgehead atoms. The summed E-state index contributed by atoms with van der Waals surface area (Å²) in [6.07, 6.45) is 3.52. The zero-order valence-corrected chi connectivity index (χ0v) is 19.3. The fourth-order valence-electron chi connectivity index (χ4n) is 3.63. The first kappa shape index (κ1) is 21.9. The first-order valence-electron chi connectivity index (χ1n) is 11.0. The maximum Gasteiger partial charge on any atom is 0.251 e. The summed E-state index contributed by atoms with van der Waals surface area (Å²) in [4.78, 5) is 26.1. The number of imidazole rings is 1. The van der Waals surface area contributed by atoms with Crippen molar-refractivity contribution < 1.29 is 4.79 Å². The Balaban J connectivity index is 1.26. The third-order valence-electron chi connectivity index (χ3n) is 5.39. The summed E-state index contributed by atoms with van der Waals surface area (Å²) in [7, 11) is 0. The molecule has 1 amide bonds. The highest BCUT2D eigenvalue weighted by atomic mass is 32.2. The van der Waals surface area contributed by atoms with Gasteiger partial charge in [0.1, 0.15) is 5.52 Å². The first-order chi connectivity index (χ1) is 16.8. The van der Waals surface area contributed by atoms with Gasteiger partial charge in [-0.3, -0.25) is 14.3 Å². The molecule has 5 aromatic rings. The molecule has 1 N–H and O–H groups in total. The summed E-state index contributed by atoms with van der Waals surface area (Å²) in [6, 6.07) is 27.6. The van der Waals surface area contributed by atoms with Crippen LogP contribution in [0.3, 0.4) is 0 Å². The molecule has 34 heavy (non-hydrogen) atoms. The number of amides is 1. The van der Waals surface area contributed by atoms with E-state index in [-0.39, 0.29) is 5.91 Å². The fraction of sp³-hybridized carbons (Fsp3) is 0.111. The molecule has 6 nitrogen and oxygen atoms in total. The quantitative estimate of drug-likeness (QED) is 0.323. The summed E-state index contributed by atoms with van der Waals surface area (Å²) < 4.78 is 2.16. The van der Waals surface area contributed by atoms with E-state index in [1.54, 1.807) is 24.2 Å². The summed E-state index contributed by atoms with van der Waals surface area (Å²) in [5.41, 5.74) is 5.56. The molecular weight excluding hydrogens is 442 g/mol. The summed E-state index contributed by atoms with van der Waals surface area (Å²) >= 11 is 1.67. The van der Waals surface area contributed by atoms with Crippen LogP contribution in [0.15, 0.2) is 102 Å². The molecule has 7 heteroatoms. The van der Waals surface area contributed by atoms with E-state index in [0.29, 0.717) is 18.7 Å². The monoisotopic (exact) mass is 465 g/mol. The maximum absolute atomic E-state index is 12.5. The van der Waals surface area contributed by atoms with E-state index in [9.17, 15) is 4.79 Å². The first-order valence-corrected chi connectivity index (χ1v) is 12.0. The zero-order chi connectivity index (χ0) is 23.2. The van der Waals surface area contributed by atoms with Gasteiger partial charge >= 0.3 is 0 Å². The van der Waals surface area contributed by atoms with Crippen molar-refractivity contribution >= 4 is 28.8 Å². The predicted molar refractivity (Wildman–Crippen MR) is 134 cm³/mol. The maximum atomic E-state index is 12.5. The molecule has 0 aliphatic carbocycles. The molecule has 0 aliphatic rings. The van der Waals surface area contributed by atoms with Gasteiger partial charge in [0.05, 0.1) is 18.8 Å². The van der Waals surface area contributed by atoms with E-state index >= 15 is 0 Å². The second kappa shape index (κ2) is 10.3. The Morgan fingerprint density at radius 2 is 1.62 bits per heavy atom. The lowest BCUT2D eigenvalue weighted by molar-refractivity contribution is 0.0950. The molecule has 168 valence electrons. The Labute approximate surface area is 202 Å². The molecule has 0 unspecified atom stereocenters. The predicted octanol–water partition coefficient (Wildman–Crippen LogP) is 5.10. The average molecular weight is 466 g/mol. The number of pyridine rings is 2. The number of aromatic nitrogens is 4. The van der Waals surface area contributed by atoms with Gasteiger partial charge in [0, 0.05) is 23.7 Å². The number of hydrogen-bond donors (Lipinski definition) is 1. The molecular formula is C27H23N5OS. The van der Waals surface area contributed by atoms with Gasteiger partial charge in [0.15, 0.2) is 10.8 Å². The highest BCUT2D eigenvalue weighted by molar-refractivity contribution is 7.98. The Bertz CT molecular complexity index is 1390. The molecule has 0 spiro atoms. The molecule has 0 aliphatic heterocycles. The Morgan fingerprint density at radius 3 is 2.41 bits per heavy atom. The lowest BCUT2D eigenvalue weighted by atomic mass is 10.1. The normalized spacial score (nSPS) is 10.9. The molecule has 0 fully saturated rings. The summed E-state index contributed by atoms with van der Waals surface area (Å²) in [6.45, 7) is 1.12. The highest BCUT2D eigenvalue weighted by Gasteiger charge is 2.13. The Morgan fingerprint density at radius 1 is 0.824 bits per heavy atom. The van der Waals surface area contributed by atoms with Crippen molar-refractivity contribution in [2.45, 2.75) is 24.0 Å². The lowest BCUT2D eigenvalue weighted by Crippen LogP contribution is -2.23. The molecule has 0 atom stereocenters. The van der Waals surface area contributed by atoms with Crippen LogP contribution in [0, 0.1) is 0 Å². The average Bonchev–Trinajstić information content (AvgIpc) is 3.25. The lowest BCUT2D eigenvalue weighted by Gasteiger charge is -2.09. The molecule has 0 saturated carbocycles. The number of rotatable bonds is 8. The number of thioether (sulfide) groups is 1. The zero-order valence-electron chi connectivity index (χ0n) is 18.5. The van der Waals surface area contributed by atoms with Crippen molar-refractivity contribution in [3.05, 3.63) is 120 Å². The fourth-order valence-corrected chi connectivity index (χ4v) is 4.59. The van der Waals surface area contributed by atoms with Gasteiger partial charge in [-0.1, -0.05) is 60.3 Å². The van der Waals surface area contributed by atoms with E-state index in [0.717, 1.165) is 33.3 Å². The SMILES string of the molecule is O=C(NCc1ccccn1)c1ccc(CSc2nc3cccnc3n2Cc2ccccc2)cc1. The second-order valence-corrected chi connectivity index (χ2v) is 8.74. The minimum Gasteiger partial charge on any atom is -0.346 e. The number of nitrogens with zero attached hydrogens (tertiary/aromatic N) is 4. The molecule has 3 aromatic heterocycles. The summed E-state index contributed by atoms with van der Waals surface area (Å²) in [5, 5.41) is 3.84. The van der Waals surface area contributed by atoms with Gasteiger partial charge in [-0.05, 0) is 47.5 Å². The number of hydrogen-bond acceptors (Lipinski definition) is 5. The van der Waals surface area contributed by atoms with Crippen molar-refractivity contribution in [1.82, 2.24) is 24.8 Å². The minimum atomic E-state index is -0.111. The van der Waals surface area contributed by atoms with Gasteiger partial charge < -0.3 is 5.32 Å². The Kier molecular flexibility index (Phi) is 6.63. The number of nitrogens with one attached hydrogen (secondary N) is 1. The van der Waals surface area contributed by atoms with Crippen LogP contribution in [-0.4, -0.2) is 25.4 Å². The van der Waals surface area contributed by atoms with Crippen molar-refractivity contribution in [3.63, 3.8) is 0 Å². The van der Waals surface area contributed by atoms with Gasteiger partial charge in [0.2, 0.25) is 0 Å². The van der Waals surface area contributed by atoms with E-state index < -0.39 is 0 Å². The Hall–Kier alpha value is -3.97. The topological polar surface area (TPSA) is 72.7 Å². The van der Waals surface area contributed by atoms with Crippen LogP contribution in [0.4, 0.5) is 0 Å². The van der Waals surface area contributed by atoms with Crippen molar-refractivity contribution in [2.75, 3.05) is 0 Å². The molecule has 3 heterocycles. The largest absolute Gasteiger partial charge is 0.346 e. The number of carbonyl (C=O) groups is 1. The van der Waals surface area contributed by atoms with Crippen molar-refractivity contribution in [2.24, 2.45) is 0 Å². The van der Waals surface area contributed by atoms with Crippen LogP contribution in [0.2, 0.25) is 0 Å². The van der Waals surface area contributed by atoms with E-state index in [2.05, 4.69) is 32.0 Å². The summed E-state index contributed by atoms with van der Waals surface area (Å²) in [5.74, 6) is 0.633.